The summed E-state index contributed by atoms with van der Waals surface area (Å²) in [5, 5.41) is 2.03. The third-order valence-electron chi connectivity index (χ3n) is 2.89. The minimum absolute atomic E-state index is 0.101. The Morgan fingerprint density at radius 1 is 1.45 bits per heavy atom. The Kier molecular flexibility index (Phi) is 4.81. The first-order valence-corrected chi connectivity index (χ1v) is 7.40. The van der Waals surface area contributed by atoms with E-state index < -0.39 is 0 Å². The van der Waals surface area contributed by atoms with Crippen molar-refractivity contribution in [1.29, 1.82) is 0 Å². The summed E-state index contributed by atoms with van der Waals surface area (Å²) in [5.41, 5.74) is 6.57. The van der Waals surface area contributed by atoms with E-state index in [1.807, 2.05) is 11.4 Å². The molecule has 2 N–H and O–H groups in total. The van der Waals surface area contributed by atoms with E-state index in [-0.39, 0.29) is 10.9 Å². The molecule has 0 aliphatic heterocycles. The number of aromatic nitrogens is 1. The first-order valence-electron chi connectivity index (χ1n) is 6.11. The largest absolute Gasteiger partial charge is 0.389 e. The van der Waals surface area contributed by atoms with Gasteiger partial charge in [-0.15, -0.1) is 11.3 Å². The van der Waals surface area contributed by atoms with Gasteiger partial charge in [-0.1, -0.05) is 18.3 Å². The normalized spacial score (nSPS) is 10.2. The van der Waals surface area contributed by atoms with Gasteiger partial charge in [0.15, 0.2) is 0 Å². The van der Waals surface area contributed by atoms with Crippen LogP contribution in [0.4, 0.5) is 0 Å². The third kappa shape index (κ3) is 3.61. The molecule has 1 amide bonds. The van der Waals surface area contributed by atoms with Gasteiger partial charge in [0.05, 0.1) is 0 Å². The minimum Gasteiger partial charge on any atom is -0.389 e. The molecule has 0 atom stereocenters. The molecule has 20 heavy (non-hydrogen) atoms. The fourth-order valence-electron chi connectivity index (χ4n) is 1.70. The van der Waals surface area contributed by atoms with Crippen LogP contribution in [0.15, 0.2) is 35.8 Å². The highest BCUT2D eigenvalue weighted by molar-refractivity contribution is 7.80. The van der Waals surface area contributed by atoms with Crippen LogP contribution in [0.1, 0.15) is 20.9 Å². The highest BCUT2D eigenvalue weighted by Gasteiger charge is 2.13. The minimum atomic E-state index is -0.101. The van der Waals surface area contributed by atoms with Crippen molar-refractivity contribution in [3.8, 4) is 0 Å². The van der Waals surface area contributed by atoms with E-state index in [4.69, 9.17) is 18.0 Å². The van der Waals surface area contributed by atoms with Crippen LogP contribution in [0, 0.1) is 0 Å². The van der Waals surface area contributed by atoms with Gasteiger partial charge in [-0.3, -0.25) is 9.78 Å². The zero-order valence-electron chi connectivity index (χ0n) is 11.1. The summed E-state index contributed by atoms with van der Waals surface area (Å²) in [7, 11) is 1.78. The lowest BCUT2D eigenvalue weighted by atomic mass is 10.2. The van der Waals surface area contributed by atoms with Crippen LogP contribution in [0.3, 0.4) is 0 Å². The zero-order valence-corrected chi connectivity index (χ0v) is 12.7. The van der Waals surface area contributed by atoms with E-state index in [2.05, 4.69) is 11.1 Å². The maximum absolute atomic E-state index is 12.2. The van der Waals surface area contributed by atoms with E-state index in [1.54, 1.807) is 35.4 Å². The monoisotopic (exact) mass is 305 g/mol. The lowest BCUT2D eigenvalue weighted by Gasteiger charge is -2.16. The Balaban J connectivity index is 1.97. The van der Waals surface area contributed by atoms with Gasteiger partial charge in [0.2, 0.25) is 0 Å². The zero-order chi connectivity index (χ0) is 14.5. The molecule has 0 aliphatic carbocycles. The molecule has 4 nitrogen and oxygen atoms in total. The average Bonchev–Trinajstić information content (AvgIpc) is 2.97. The average molecular weight is 305 g/mol. The number of hydrogen-bond acceptors (Lipinski definition) is 4. The number of thiophene rings is 1. The predicted molar refractivity (Wildman–Crippen MR) is 85.1 cm³/mol. The maximum Gasteiger partial charge on any atom is 0.272 e. The molecular formula is C14H15N3OS2. The second-order valence-electron chi connectivity index (χ2n) is 4.35. The molecule has 0 bridgehead atoms. The van der Waals surface area contributed by atoms with Gasteiger partial charge in [0, 0.05) is 30.2 Å². The fourth-order valence-corrected chi connectivity index (χ4v) is 2.51. The number of pyridine rings is 1. The van der Waals surface area contributed by atoms with Crippen molar-refractivity contribution in [3.05, 3.63) is 52.0 Å². The SMILES string of the molecule is CN(CCc1cccs1)C(=O)c1ccc(C(N)=S)cn1. The van der Waals surface area contributed by atoms with E-state index in [9.17, 15) is 4.79 Å². The van der Waals surface area contributed by atoms with Gasteiger partial charge in [-0.25, -0.2) is 0 Å². The molecule has 0 fully saturated rings. The molecule has 6 heteroatoms. The van der Waals surface area contributed by atoms with Crippen molar-refractivity contribution in [2.75, 3.05) is 13.6 Å². The van der Waals surface area contributed by atoms with Gasteiger partial charge < -0.3 is 10.6 Å². The van der Waals surface area contributed by atoms with Crippen molar-refractivity contribution >= 4 is 34.5 Å². The number of hydrogen-bond donors (Lipinski definition) is 1. The molecule has 0 aromatic carbocycles. The molecule has 104 valence electrons. The molecular weight excluding hydrogens is 290 g/mol. The van der Waals surface area contributed by atoms with Gasteiger partial charge >= 0.3 is 0 Å². The molecule has 0 saturated heterocycles. The number of likely N-dealkylation sites (N-methyl/N-ethyl adjacent to an activating group) is 1. The predicted octanol–water partition coefficient (Wildman–Crippen LogP) is 2.09. The Morgan fingerprint density at radius 2 is 2.25 bits per heavy atom. The highest BCUT2D eigenvalue weighted by Crippen LogP contribution is 2.10. The smallest absolute Gasteiger partial charge is 0.272 e. The van der Waals surface area contributed by atoms with Crippen LogP contribution < -0.4 is 5.73 Å². The Hall–Kier alpha value is -1.79. The van der Waals surface area contributed by atoms with Gasteiger partial charge in [-0.2, -0.15) is 0 Å². The topological polar surface area (TPSA) is 59.2 Å². The number of nitrogens with two attached hydrogens (primary N) is 1. The fraction of sp³-hybridized carbons (Fsp3) is 0.214. The molecule has 0 unspecified atom stereocenters. The lowest BCUT2D eigenvalue weighted by molar-refractivity contribution is 0.0791. The van der Waals surface area contributed by atoms with Crippen molar-refractivity contribution in [3.63, 3.8) is 0 Å². The Bertz CT molecular complexity index is 593. The Labute approximate surface area is 127 Å². The highest BCUT2D eigenvalue weighted by atomic mass is 32.1. The summed E-state index contributed by atoms with van der Waals surface area (Å²) < 4.78 is 0. The lowest BCUT2D eigenvalue weighted by Crippen LogP contribution is -2.29. The molecule has 0 spiro atoms. The Morgan fingerprint density at radius 3 is 2.80 bits per heavy atom. The van der Waals surface area contributed by atoms with Crippen LogP contribution in [0.2, 0.25) is 0 Å². The number of carbonyl (C=O) groups is 1. The molecule has 0 radical (unpaired) electrons. The second-order valence-corrected chi connectivity index (χ2v) is 5.82. The van der Waals surface area contributed by atoms with Crippen molar-refractivity contribution in [2.45, 2.75) is 6.42 Å². The summed E-state index contributed by atoms with van der Waals surface area (Å²) >= 11 is 6.55. The summed E-state index contributed by atoms with van der Waals surface area (Å²) in [6, 6.07) is 7.45. The molecule has 0 saturated carbocycles. The molecule has 2 rings (SSSR count). The van der Waals surface area contributed by atoms with E-state index >= 15 is 0 Å². The summed E-state index contributed by atoms with van der Waals surface area (Å²) in [4.78, 5) is 19.5. The standard InChI is InChI=1S/C14H15N3OS2/c1-17(7-6-11-3-2-8-20-11)14(18)12-5-4-10(9-16-12)13(15)19/h2-5,8-9H,6-7H2,1H3,(H2,15,19). The molecule has 2 aromatic rings. The number of rotatable bonds is 5. The van der Waals surface area contributed by atoms with Gasteiger partial charge in [-0.05, 0) is 30.0 Å². The van der Waals surface area contributed by atoms with E-state index in [0.29, 0.717) is 17.8 Å². The summed E-state index contributed by atoms with van der Waals surface area (Å²) in [5.74, 6) is -0.101. The number of carbonyl (C=O) groups excluding carboxylic acids is 1. The molecule has 0 aliphatic rings. The van der Waals surface area contributed by atoms with Crippen molar-refractivity contribution < 1.29 is 4.79 Å². The first kappa shape index (κ1) is 14.6. The van der Waals surface area contributed by atoms with Crippen LogP contribution in [0.25, 0.3) is 0 Å². The molecule has 2 heterocycles. The summed E-state index contributed by atoms with van der Waals surface area (Å²) in [6.07, 6.45) is 2.38. The number of thiocarbonyl (C=S) groups is 1. The number of nitrogens with zero attached hydrogens (tertiary/aromatic N) is 2. The van der Waals surface area contributed by atoms with Crippen molar-refractivity contribution in [1.82, 2.24) is 9.88 Å². The van der Waals surface area contributed by atoms with Crippen LogP contribution in [-0.2, 0) is 6.42 Å². The summed E-state index contributed by atoms with van der Waals surface area (Å²) in [6.45, 7) is 0.665. The second kappa shape index (κ2) is 6.58. The molecule has 2 aromatic heterocycles. The number of amides is 1. The van der Waals surface area contributed by atoms with Crippen molar-refractivity contribution in [2.24, 2.45) is 5.73 Å². The first-order chi connectivity index (χ1) is 9.58. The maximum atomic E-state index is 12.2. The third-order valence-corrected chi connectivity index (χ3v) is 4.06. The quantitative estimate of drug-likeness (QED) is 0.859. The van der Waals surface area contributed by atoms with Gasteiger partial charge in [0.1, 0.15) is 10.7 Å². The van der Waals surface area contributed by atoms with Crippen LogP contribution in [0.5, 0.6) is 0 Å². The van der Waals surface area contributed by atoms with E-state index in [1.165, 1.54) is 11.1 Å². The van der Waals surface area contributed by atoms with Crippen LogP contribution >= 0.6 is 23.6 Å². The van der Waals surface area contributed by atoms with Gasteiger partial charge in [0.25, 0.3) is 5.91 Å². The van der Waals surface area contributed by atoms with E-state index in [0.717, 1.165) is 6.42 Å². The van der Waals surface area contributed by atoms with Crippen LogP contribution in [-0.4, -0.2) is 34.4 Å².